The number of rotatable bonds is 74. The molecule has 0 aromatic heterocycles. The minimum Gasteiger partial charge on any atom is -0.495 e. The van der Waals surface area contributed by atoms with Gasteiger partial charge in [0.1, 0.15) is 46.0 Å². The highest BCUT2D eigenvalue weighted by Gasteiger charge is 2.31. The van der Waals surface area contributed by atoms with Crippen molar-refractivity contribution < 1.29 is 85.8 Å². The molecule has 0 atom stereocenters. The Balaban J connectivity index is 0.953. The first-order valence-electron chi connectivity index (χ1n) is 56.0. The number of unbranched alkanes of at least 4 members (excludes halogenated alkanes) is 42. The summed E-state index contributed by atoms with van der Waals surface area (Å²) in [6, 6.07) is 43.5. The lowest BCUT2D eigenvalue weighted by atomic mass is 10.1. The van der Waals surface area contributed by atoms with Crippen LogP contribution in [0.1, 0.15) is 453 Å². The summed E-state index contributed by atoms with van der Waals surface area (Å²) in [5.41, 5.74) is 19.4. The number of carbonyl (C=O) groups excluding carboxylic acids is 10. The molecule has 0 spiro atoms. The third kappa shape index (κ3) is 41.5. The maximum absolute atomic E-state index is 15.0. The van der Waals surface area contributed by atoms with Gasteiger partial charge in [-0.1, -0.05) is 384 Å². The van der Waals surface area contributed by atoms with Crippen LogP contribution in [0.25, 0.3) is 21.5 Å². The summed E-state index contributed by atoms with van der Waals surface area (Å²) >= 11 is 0. The molecule has 10 amide bonds. The molecule has 10 N–H and O–H groups in total. The topological polar surface area (TPSA) is 365 Å². The summed E-state index contributed by atoms with van der Waals surface area (Å²) in [4.78, 5) is 147. The SMILES string of the molecule is CCCCCCCCCCOc1cc(OCCCCCCCCCC)c(C(=O)NNC(=O)c2cccc(C(=O)NNC(=O)c3cc(C(=O)Nc4ccc5ccccc5c4)c(OCCCCCCCCCC)cc3OCCCCCCCCCC)c2OC)cc1C(=O)NNC(=O)c1cccc(C(=O)NNC(=O)c2cc(C(=O)Nc3ccc4ccccc4c3)c(OCCCCCCCCCC)cc2OCCCCCCCCCC)c1OC. The number of methoxy groups -OCH3 is 2. The Labute approximate surface area is 889 Å². The van der Waals surface area contributed by atoms with Crippen molar-refractivity contribution in [2.45, 2.75) is 350 Å². The van der Waals surface area contributed by atoms with Crippen LogP contribution in [-0.2, 0) is 0 Å². The van der Waals surface area contributed by atoms with Gasteiger partial charge in [0.25, 0.3) is 59.1 Å². The predicted octanol–water partition coefficient (Wildman–Crippen LogP) is 27.9. The second kappa shape index (κ2) is 70.6. The van der Waals surface area contributed by atoms with Gasteiger partial charge in [-0.3, -0.25) is 91.4 Å². The Morgan fingerprint density at radius 3 is 0.560 bits per heavy atom. The predicted molar refractivity (Wildman–Crippen MR) is 597 cm³/mol. The van der Waals surface area contributed by atoms with Gasteiger partial charge in [-0.2, -0.15) is 0 Å². The van der Waals surface area contributed by atoms with E-state index in [4.69, 9.17) is 37.9 Å². The molecule has 0 fully saturated rings. The quantitative estimate of drug-likeness (QED) is 0.0125. The Hall–Kier alpha value is -13.4. The lowest BCUT2D eigenvalue weighted by Crippen LogP contribution is -2.43. The lowest BCUT2D eigenvalue weighted by Gasteiger charge is -2.19. The molecule has 0 bridgehead atoms. The highest BCUT2D eigenvalue weighted by Crippen LogP contribution is 2.38. The first kappa shape index (κ1) is 120. The van der Waals surface area contributed by atoms with Crippen molar-refractivity contribution in [3.05, 3.63) is 213 Å². The number of nitrogens with one attached hydrogen (secondary N) is 10. The van der Waals surface area contributed by atoms with Crippen LogP contribution in [0.3, 0.4) is 0 Å². The first-order chi connectivity index (χ1) is 73.4. The highest BCUT2D eigenvalue weighted by molar-refractivity contribution is 6.13. The number of para-hydroxylation sites is 2. The van der Waals surface area contributed by atoms with Crippen molar-refractivity contribution in [1.29, 1.82) is 0 Å². The van der Waals surface area contributed by atoms with Crippen LogP contribution < -0.4 is 91.9 Å². The molecule has 150 heavy (non-hydrogen) atoms. The molecule has 0 heterocycles. The molecule has 28 heteroatoms. The molecule has 28 nitrogen and oxygen atoms in total. The first-order valence-corrected chi connectivity index (χ1v) is 56.0. The van der Waals surface area contributed by atoms with Crippen molar-refractivity contribution in [3.8, 4) is 46.0 Å². The normalized spacial score (nSPS) is 11.0. The summed E-state index contributed by atoms with van der Waals surface area (Å²) in [7, 11) is 2.48. The molecular weight excluding hydrogens is 1890 g/mol. The fourth-order valence-electron chi connectivity index (χ4n) is 18.1. The van der Waals surface area contributed by atoms with E-state index in [-0.39, 0.29) is 128 Å². The summed E-state index contributed by atoms with van der Waals surface area (Å²) in [6.45, 7) is 14.5. The highest BCUT2D eigenvalue weighted by atomic mass is 16.5. The van der Waals surface area contributed by atoms with Crippen molar-refractivity contribution in [2.75, 3.05) is 64.5 Å². The van der Waals surface area contributed by atoms with Crippen LogP contribution in [0.4, 0.5) is 11.4 Å². The summed E-state index contributed by atoms with van der Waals surface area (Å²) in [6.07, 6.45) is 49.6. The number of hydrogen-bond donors (Lipinski definition) is 10. The zero-order chi connectivity index (χ0) is 107. The Morgan fingerprint density at radius 2 is 0.360 bits per heavy atom. The van der Waals surface area contributed by atoms with E-state index in [0.29, 0.717) is 50.3 Å². The number of hydrazine groups is 4. The lowest BCUT2D eigenvalue weighted by molar-refractivity contribution is 0.0833. The van der Waals surface area contributed by atoms with Crippen LogP contribution in [0.5, 0.6) is 46.0 Å². The van der Waals surface area contributed by atoms with E-state index >= 15 is 9.59 Å². The Morgan fingerprint density at radius 1 is 0.180 bits per heavy atom. The molecule has 0 radical (unpaired) electrons. The van der Waals surface area contributed by atoms with E-state index in [0.717, 1.165) is 240 Å². The van der Waals surface area contributed by atoms with Crippen molar-refractivity contribution >= 4 is 92.0 Å². The van der Waals surface area contributed by atoms with Gasteiger partial charge in [0.05, 0.1) is 109 Å². The molecule has 814 valence electrons. The van der Waals surface area contributed by atoms with Gasteiger partial charge < -0.3 is 48.5 Å². The third-order valence-electron chi connectivity index (χ3n) is 26.8. The number of ether oxygens (including phenoxy) is 8. The Kier molecular flexibility index (Phi) is 56.5. The van der Waals surface area contributed by atoms with E-state index in [1.807, 2.05) is 72.8 Å². The molecule has 9 aromatic carbocycles. The molecule has 0 aliphatic rings. The molecule has 0 unspecified atom stereocenters. The van der Waals surface area contributed by atoms with Gasteiger partial charge in [-0.25, -0.2) is 0 Å². The number of hydrogen-bond acceptors (Lipinski definition) is 18. The van der Waals surface area contributed by atoms with Crippen molar-refractivity contribution in [1.82, 2.24) is 43.4 Å². The van der Waals surface area contributed by atoms with Crippen LogP contribution in [0, 0.1) is 0 Å². The number of benzene rings is 9. The van der Waals surface area contributed by atoms with E-state index in [2.05, 4.69) is 95.6 Å². The van der Waals surface area contributed by atoms with Crippen LogP contribution >= 0.6 is 0 Å². The summed E-state index contributed by atoms with van der Waals surface area (Å²) in [5, 5.41) is 9.80. The summed E-state index contributed by atoms with van der Waals surface area (Å²) in [5.74, 6) is -8.34. The van der Waals surface area contributed by atoms with Gasteiger partial charge >= 0.3 is 0 Å². The number of fused-ring (bicyclic) bond motifs is 2. The maximum Gasteiger partial charge on any atom is 0.273 e. The van der Waals surface area contributed by atoms with Crippen molar-refractivity contribution in [2.24, 2.45) is 0 Å². The third-order valence-corrected chi connectivity index (χ3v) is 26.8. The number of carbonyl (C=O) groups is 10. The zero-order valence-electron chi connectivity index (χ0n) is 90.5. The molecule has 9 aromatic rings. The molecule has 0 saturated heterocycles. The fraction of sp³-hybridized carbons (Fsp3) is 0.508. The van der Waals surface area contributed by atoms with E-state index < -0.39 is 59.1 Å². The molecule has 0 aliphatic heterocycles. The zero-order valence-corrected chi connectivity index (χ0v) is 90.5. The summed E-state index contributed by atoms with van der Waals surface area (Å²) < 4.78 is 50.3. The van der Waals surface area contributed by atoms with Crippen LogP contribution in [0.15, 0.2) is 158 Å². The van der Waals surface area contributed by atoms with E-state index in [1.54, 1.807) is 24.3 Å². The monoisotopic (exact) mass is 2060 g/mol. The fourth-order valence-corrected chi connectivity index (χ4v) is 18.1. The van der Waals surface area contributed by atoms with Gasteiger partial charge in [0, 0.05) is 29.6 Å². The molecular formula is C122H168N10O18. The van der Waals surface area contributed by atoms with Crippen molar-refractivity contribution in [3.63, 3.8) is 0 Å². The maximum atomic E-state index is 15.0. The smallest absolute Gasteiger partial charge is 0.273 e. The Bertz CT molecular complexity index is 5350. The van der Waals surface area contributed by atoms with Gasteiger partial charge in [0.2, 0.25) is 0 Å². The second-order valence-electron chi connectivity index (χ2n) is 38.9. The average Bonchev–Trinajstić information content (AvgIpc) is 0.797. The average molecular weight is 2060 g/mol. The molecule has 0 saturated carbocycles. The number of amides is 10. The second-order valence-corrected chi connectivity index (χ2v) is 38.9. The van der Waals surface area contributed by atoms with Gasteiger partial charge in [0.15, 0.2) is 0 Å². The van der Waals surface area contributed by atoms with E-state index in [9.17, 15) is 38.4 Å². The molecule has 0 aliphatic carbocycles. The van der Waals surface area contributed by atoms with Gasteiger partial charge in [-0.15, -0.1) is 0 Å². The minimum atomic E-state index is -0.966. The standard InChI is InChI=1S/C122H168N10O18/c1-9-15-21-27-33-39-45-55-75-145-105-86-107(147-77-57-47-41-35-29-23-17-11-3)101(83-99(105)113(133)123-93-73-71-89-63-51-53-65-91(89)81-93)119(139)129-125-115(135)95-67-61-69-97(111(95)143-7)117(137)127-131-121(141)103-85-104(110(150-80-60-50-44-38-32-26-20-14-6)88-109(103)149-79-59-49-43-37-31-25-19-13-5)122(142)132-128-118(138)98-70-62-68-96(112(98)144-8)116(136)126-130-120(140)102-84-100(114(134)124-94-74-72-90-64-52-54-66-92(90)82-94)106(146-76-56-46-40-34-28-22-16-10-2)87-108(102)148-78-58-48-42-36-30-24-18-12-4/h51-54,61-74,81-88H,9-50,55-60,75-80H2,1-8H3,(H,123,133)(H,124,134)(H,125,135)(H,126,136)(H,127,137)(H,128,138)(H,129,139)(H,130,140)(H,131,141)(H,132,142). The molecule has 9 rings (SSSR count). The van der Waals surface area contributed by atoms with Crippen LogP contribution in [0.2, 0.25) is 0 Å². The van der Waals surface area contributed by atoms with Crippen LogP contribution in [-0.4, -0.2) is 113 Å². The largest absolute Gasteiger partial charge is 0.495 e. The minimum absolute atomic E-state index is 0.00787. The number of anilines is 2. The van der Waals surface area contributed by atoms with Gasteiger partial charge in [-0.05, 0) is 127 Å². The van der Waals surface area contributed by atoms with E-state index in [1.165, 1.54) is 139 Å².